The van der Waals surface area contributed by atoms with Gasteiger partial charge in [-0.2, -0.15) is 0 Å². The number of H-pyrrole nitrogens is 1. The monoisotopic (exact) mass is 436 g/mol. The Balaban J connectivity index is 1.28. The molecule has 4 heterocycles. The van der Waals surface area contributed by atoms with Gasteiger partial charge in [0.2, 0.25) is 0 Å². The van der Waals surface area contributed by atoms with Crippen molar-refractivity contribution in [1.29, 1.82) is 0 Å². The number of imidazole rings is 1. The van der Waals surface area contributed by atoms with Crippen LogP contribution in [0.2, 0.25) is 0 Å². The van der Waals surface area contributed by atoms with E-state index in [9.17, 15) is 9.59 Å². The fourth-order valence-electron chi connectivity index (χ4n) is 4.87. The number of piperidine rings is 1. The van der Waals surface area contributed by atoms with Crippen LogP contribution in [0.1, 0.15) is 24.3 Å². The van der Waals surface area contributed by atoms with E-state index in [2.05, 4.69) is 33.2 Å². The molecule has 0 bridgehead atoms. The SMILES string of the molecule is COc1ccc2[nH]cc(C3CCN(CCn4cnc5c4c(=O)n(C)c(=O)n5C)CC3)c2c1. The summed E-state index contributed by atoms with van der Waals surface area (Å²) in [4.78, 5) is 34.9. The van der Waals surface area contributed by atoms with Crippen molar-refractivity contribution in [2.45, 2.75) is 25.3 Å². The molecule has 0 saturated carbocycles. The van der Waals surface area contributed by atoms with E-state index >= 15 is 0 Å². The van der Waals surface area contributed by atoms with Crippen LogP contribution < -0.4 is 16.0 Å². The lowest BCUT2D eigenvalue weighted by Gasteiger charge is -2.32. The summed E-state index contributed by atoms with van der Waals surface area (Å²) in [6, 6.07) is 6.17. The summed E-state index contributed by atoms with van der Waals surface area (Å²) in [5.74, 6) is 1.40. The highest BCUT2D eigenvalue weighted by Crippen LogP contribution is 2.34. The van der Waals surface area contributed by atoms with Gasteiger partial charge in [0, 0.05) is 44.3 Å². The van der Waals surface area contributed by atoms with Gasteiger partial charge in [-0.05, 0) is 55.6 Å². The average Bonchev–Trinajstić information content (AvgIpc) is 3.44. The van der Waals surface area contributed by atoms with Crippen LogP contribution in [0.15, 0.2) is 40.3 Å². The minimum atomic E-state index is -0.357. The van der Waals surface area contributed by atoms with Crippen molar-refractivity contribution in [2.24, 2.45) is 14.1 Å². The van der Waals surface area contributed by atoms with Gasteiger partial charge in [-0.1, -0.05) is 0 Å². The Bertz CT molecular complexity index is 1400. The van der Waals surface area contributed by atoms with Gasteiger partial charge in [-0.3, -0.25) is 13.9 Å². The lowest BCUT2D eigenvalue weighted by molar-refractivity contribution is 0.206. The van der Waals surface area contributed by atoms with Crippen LogP contribution in [-0.4, -0.2) is 55.3 Å². The fourth-order valence-corrected chi connectivity index (χ4v) is 4.87. The Morgan fingerprint density at radius 1 is 1.12 bits per heavy atom. The lowest BCUT2D eigenvalue weighted by Crippen LogP contribution is -2.38. The maximum atomic E-state index is 12.6. The second-order valence-corrected chi connectivity index (χ2v) is 8.59. The van der Waals surface area contributed by atoms with Gasteiger partial charge in [0.25, 0.3) is 5.56 Å². The summed E-state index contributed by atoms with van der Waals surface area (Å²) in [5.41, 5.74) is 2.78. The van der Waals surface area contributed by atoms with Crippen molar-refractivity contribution in [2.75, 3.05) is 26.7 Å². The number of ether oxygens (including phenoxy) is 1. The third kappa shape index (κ3) is 3.33. The number of fused-ring (bicyclic) bond motifs is 2. The molecule has 168 valence electrons. The van der Waals surface area contributed by atoms with Crippen LogP contribution >= 0.6 is 0 Å². The molecule has 9 nitrogen and oxygen atoms in total. The van der Waals surface area contributed by atoms with Crippen LogP contribution in [0.3, 0.4) is 0 Å². The quantitative estimate of drug-likeness (QED) is 0.515. The van der Waals surface area contributed by atoms with Crippen LogP contribution in [0.4, 0.5) is 0 Å². The summed E-state index contributed by atoms with van der Waals surface area (Å²) < 4.78 is 9.84. The molecule has 1 fully saturated rings. The van der Waals surface area contributed by atoms with E-state index in [1.807, 2.05) is 10.6 Å². The molecule has 1 N–H and O–H groups in total. The number of hydrogen-bond acceptors (Lipinski definition) is 5. The largest absolute Gasteiger partial charge is 0.497 e. The molecule has 0 spiro atoms. The molecule has 0 amide bonds. The van der Waals surface area contributed by atoms with Gasteiger partial charge >= 0.3 is 5.69 Å². The van der Waals surface area contributed by atoms with Gasteiger partial charge in [0.15, 0.2) is 11.2 Å². The highest BCUT2D eigenvalue weighted by molar-refractivity contribution is 5.85. The number of aryl methyl sites for hydroxylation is 1. The first kappa shape index (κ1) is 20.6. The summed E-state index contributed by atoms with van der Waals surface area (Å²) in [6.45, 7) is 3.51. The van der Waals surface area contributed by atoms with E-state index in [0.29, 0.717) is 23.6 Å². The van der Waals surface area contributed by atoms with E-state index in [0.717, 1.165) is 48.3 Å². The van der Waals surface area contributed by atoms with Gasteiger partial charge in [0.1, 0.15) is 5.75 Å². The van der Waals surface area contributed by atoms with E-state index in [1.54, 1.807) is 20.5 Å². The van der Waals surface area contributed by atoms with Crippen LogP contribution in [-0.2, 0) is 20.6 Å². The predicted octanol–water partition coefficient (Wildman–Crippen LogP) is 1.80. The average molecular weight is 437 g/mol. The zero-order valence-electron chi connectivity index (χ0n) is 18.7. The first-order valence-electron chi connectivity index (χ1n) is 11.0. The standard InChI is InChI=1S/C23H28N6O3/c1-26-21-20(22(30)27(2)23(26)31)29(14-25-21)11-10-28-8-6-15(7-9-28)18-13-24-19-5-4-16(32-3)12-17(18)19/h4-5,12-15,24H,6-11H2,1-3H3. The second-order valence-electron chi connectivity index (χ2n) is 8.59. The Hall–Kier alpha value is -3.33. The molecule has 4 aromatic rings. The Kier molecular flexibility index (Phi) is 5.13. The molecule has 1 aliphatic rings. The van der Waals surface area contributed by atoms with Crippen molar-refractivity contribution in [3.63, 3.8) is 0 Å². The van der Waals surface area contributed by atoms with Gasteiger partial charge in [-0.25, -0.2) is 9.78 Å². The van der Waals surface area contributed by atoms with Crippen molar-refractivity contribution >= 4 is 22.1 Å². The number of nitrogens with one attached hydrogen (secondary N) is 1. The number of hydrogen-bond donors (Lipinski definition) is 1. The molecule has 0 radical (unpaired) electrons. The number of methoxy groups -OCH3 is 1. The number of aromatic nitrogens is 5. The highest BCUT2D eigenvalue weighted by atomic mass is 16.5. The highest BCUT2D eigenvalue weighted by Gasteiger charge is 2.23. The maximum Gasteiger partial charge on any atom is 0.332 e. The molecule has 3 aromatic heterocycles. The van der Waals surface area contributed by atoms with Crippen LogP contribution in [0, 0.1) is 0 Å². The first-order valence-corrected chi connectivity index (χ1v) is 11.0. The minimum absolute atomic E-state index is 0.297. The van der Waals surface area contributed by atoms with E-state index in [-0.39, 0.29) is 11.2 Å². The van der Waals surface area contributed by atoms with Crippen molar-refractivity contribution in [3.8, 4) is 5.75 Å². The Morgan fingerprint density at radius 2 is 1.91 bits per heavy atom. The molecule has 32 heavy (non-hydrogen) atoms. The zero-order valence-corrected chi connectivity index (χ0v) is 18.7. The number of likely N-dealkylation sites (tertiary alicyclic amines) is 1. The van der Waals surface area contributed by atoms with Gasteiger partial charge < -0.3 is 19.2 Å². The normalized spacial score (nSPS) is 15.7. The fraction of sp³-hybridized carbons (Fsp3) is 0.435. The Labute approximate surface area is 184 Å². The molecule has 5 rings (SSSR count). The second kappa shape index (κ2) is 7.98. The van der Waals surface area contributed by atoms with E-state index < -0.39 is 0 Å². The van der Waals surface area contributed by atoms with Crippen molar-refractivity contribution < 1.29 is 4.74 Å². The van der Waals surface area contributed by atoms with Gasteiger partial charge in [-0.15, -0.1) is 0 Å². The third-order valence-electron chi connectivity index (χ3n) is 6.82. The third-order valence-corrected chi connectivity index (χ3v) is 6.82. The van der Waals surface area contributed by atoms with Gasteiger partial charge in [0.05, 0.1) is 13.4 Å². The molecule has 0 aliphatic carbocycles. The lowest BCUT2D eigenvalue weighted by atomic mass is 9.89. The number of benzene rings is 1. The molecule has 0 unspecified atom stereocenters. The predicted molar refractivity (Wildman–Crippen MR) is 123 cm³/mol. The zero-order chi connectivity index (χ0) is 22.4. The number of nitrogens with zero attached hydrogens (tertiary/aromatic N) is 5. The molecule has 1 aromatic carbocycles. The summed E-state index contributed by atoms with van der Waals surface area (Å²) in [5, 5.41) is 1.24. The van der Waals surface area contributed by atoms with E-state index in [1.165, 1.54) is 22.6 Å². The summed E-state index contributed by atoms with van der Waals surface area (Å²) >= 11 is 0. The number of rotatable bonds is 5. The molecule has 0 atom stereocenters. The molecule has 9 heteroatoms. The maximum absolute atomic E-state index is 12.6. The first-order chi connectivity index (χ1) is 15.5. The summed E-state index contributed by atoms with van der Waals surface area (Å²) in [7, 11) is 4.85. The Morgan fingerprint density at radius 3 is 2.66 bits per heavy atom. The molecular formula is C23H28N6O3. The minimum Gasteiger partial charge on any atom is -0.497 e. The molecule has 1 aliphatic heterocycles. The van der Waals surface area contributed by atoms with Crippen molar-refractivity contribution in [3.05, 3.63) is 57.1 Å². The topological polar surface area (TPSA) is 90.1 Å². The number of aromatic amines is 1. The summed E-state index contributed by atoms with van der Waals surface area (Å²) in [6.07, 6.45) is 5.98. The smallest absolute Gasteiger partial charge is 0.332 e. The van der Waals surface area contributed by atoms with Crippen LogP contribution in [0.25, 0.3) is 22.1 Å². The molecular weight excluding hydrogens is 408 g/mol. The van der Waals surface area contributed by atoms with E-state index in [4.69, 9.17) is 4.74 Å². The van der Waals surface area contributed by atoms with Crippen LogP contribution in [0.5, 0.6) is 5.75 Å². The molecule has 1 saturated heterocycles. The van der Waals surface area contributed by atoms with Crippen molar-refractivity contribution in [1.82, 2.24) is 28.6 Å².